The van der Waals surface area contributed by atoms with Crippen molar-refractivity contribution in [3.8, 4) is 0 Å². The third kappa shape index (κ3) is 14.7. The molecule has 0 N–H and O–H groups in total. The van der Waals surface area contributed by atoms with Crippen LogP contribution >= 0.6 is 0 Å². The van der Waals surface area contributed by atoms with Crippen molar-refractivity contribution in [1.82, 2.24) is 0 Å². The average Bonchev–Trinajstić information content (AvgIpc) is 3.03. The topological polar surface area (TPSA) is 18.5 Å². The molecular weight excluding hydrogens is 308 g/mol. The summed E-state index contributed by atoms with van der Waals surface area (Å²) in [6.45, 7) is 5.17. The molecule has 1 saturated heterocycles. The molecule has 1 aliphatic heterocycles. The lowest BCUT2D eigenvalue weighted by Gasteiger charge is -2.09. The second kappa shape index (κ2) is 17.3. The molecule has 150 valence electrons. The first-order chi connectivity index (χ1) is 12.3. The van der Waals surface area contributed by atoms with Crippen LogP contribution in [0.15, 0.2) is 0 Å². The van der Waals surface area contributed by atoms with E-state index in [0.29, 0.717) is 6.10 Å². The molecule has 0 aliphatic carbocycles. The molecule has 0 saturated carbocycles. The number of unbranched alkanes of at least 4 members (excludes halogenated alkanes) is 16. The van der Waals surface area contributed by atoms with Crippen molar-refractivity contribution in [2.75, 3.05) is 6.61 Å². The maximum absolute atomic E-state index is 5.67. The van der Waals surface area contributed by atoms with E-state index in [1.807, 2.05) is 0 Å². The Morgan fingerprint density at radius 3 is 1.36 bits per heavy atom. The van der Waals surface area contributed by atoms with E-state index in [-0.39, 0.29) is 6.29 Å². The van der Waals surface area contributed by atoms with Crippen LogP contribution in [0.5, 0.6) is 0 Å². The summed E-state index contributed by atoms with van der Waals surface area (Å²) in [5, 5.41) is 0. The van der Waals surface area contributed by atoms with Crippen molar-refractivity contribution < 1.29 is 9.47 Å². The Labute approximate surface area is 158 Å². The van der Waals surface area contributed by atoms with Crippen LogP contribution in [0, 0.1) is 0 Å². The summed E-state index contributed by atoms with van der Waals surface area (Å²) in [7, 11) is 0. The summed E-state index contributed by atoms with van der Waals surface area (Å²) in [5.41, 5.74) is 0. The molecule has 0 aromatic rings. The highest BCUT2D eigenvalue weighted by Crippen LogP contribution is 2.18. The molecule has 0 bridgehead atoms. The molecule has 1 rings (SSSR count). The standard InChI is InChI=1S/C23H46O2/c1-3-4-5-6-7-8-9-10-11-12-13-14-15-16-17-18-19-20-23-24-21-22(2)25-23/h22-23H,3-21H2,1-2H3. The zero-order valence-electron chi connectivity index (χ0n) is 17.4. The monoisotopic (exact) mass is 354 g/mol. The van der Waals surface area contributed by atoms with Crippen molar-refractivity contribution in [3.63, 3.8) is 0 Å². The molecule has 2 heteroatoms. The van der Waals surface area contributed by atoms with Gasteiger partial charge in [-0.3, -0.25) is 0 Å². The van der Waals surface area contributed by atoms with Crippen LogP contribution in [0.2, 0.25) is 0 Å². The lowest BCUT2D eigenvalue weighted by molar-refractivity contribution is -0.0604. The van der Waals surface area contributed by atoms with Gasteiger partial charge >= 0.3 is 0 Å². The molecule has 1 heterocycles. The van der Waals surface area contributed by atoms with Gasteiger partial charge in [0.05, 0.1) is 12.7 Å². The molecular formula is C23H46O2. The van der Waals surface area contributed by atoms with Crippen molar-refractivity contribution >= 4 is 0 Å². The molecule has 2 nitrogen and oxygen atoms in total. The van der Waals surface area contributed by atoms with Gasteiger partial charge in [-0.15, -0.1) is 0 Å². The van der Waals surface area contributed by atoms with E-state index < -0.39 is 0 Å². The molecule has 0 spiro atoms. The van der Waals surface area contributed by atoms with Gasteiger partial charge in [0.1, 0.15) is 0 Å². The molecule has 1 fully saturated rings. The Bertz CT molecular complexity index is 267. The first-order valence-electron chi connectivity index (χ1n) is 11.6. The minimum absolute atomic E-state index is 0.0892. The summed E-state index contributed by atoms with van der Waals surface area (Å²) in [5.74, 6) is 0. The minimum atomic E-state index is 0.0892. The highest BCUT2D eigenvalue weighted by Gasteiger charge is 2.21. The predicted octanol–water partition coefficient (Wildman–Crippen LogP) is 7.79. The molecule has 0 radical (unpaired) electrons. The predicted molar refractivity (Wildman–Crippen MR) is 109 cm³/mol. The lowest BCUT2D eigenvalue weighted by atomic mass is 10.0. The lowest BCUT2D eigenvalue weighted by Crippen LogP contribution is -2.08. The summed E-state index contributed by atoms with van der Waals surface area (Å²) >= 11 is 0. The van der Waals surface area contributed by atoms with Crippen molar-refractivity contribution in [2.24, 2.45) is 0 Å². The molecule has 25 heavy (non-hydrogen) atoms. The van der Waals surface area contributed by atoms with Gasteiger partial charge in [0.15, 0.2) is 6.29 Å². The fourth-order valence-corrected chi connectivity index (χ4v) is 3.77. The van der Waals surface area contributed by atoms with E-state index >= 15 is 0 Å². The summed E-state index contributed by atoms with van der Waals surface area (Å²) in [4.78, 5) is 0. The van der Waals surface area contributed by atoms with Gasteiger partial charge in [-0.25, -0.2) is 0 Å². The maximum Gasteiger partial charge on any atom is 0.158 e. The molecule has 0 aromatic heterocycles. The van der Waals surface area contributed by atoms with E-state index in [1.54, 1.807) is 0 Å². The van der Waals surface area contributed by atoms with Gasteiger partial charge in [-0.05, 0) is 19.8 Å². The van der Waals surface area contributed by atoms with Crippen LogP contribution in [0.1, 0.15) is 129 Å². The maximum atomic E-state index is 5.67. The second-order valence-corrected chi connectivity index (χ2v) is 8.16. The minimum Gasteiger partial charge on any atom is -0.350 e. The quantitative estimate of drug-likeness (QED) is 0.234. The van der Waals surface area contributed by atoms with Crippen molar-refractivity contribution in [2.45, 2.75) is 142 Å². The van der Waals surface area contributed by atoms with Gasteiger partial charge in [0.2, 0.25) is 0 Å². The van der Waals surface area contributed by atoms with Crippen LogP contribution in [-0.4, -0.2) is 19.0 Å². The zero-order valence-corrected chi connectivity index (χ0v) is 17.4. The highest BCUT2D eigenvalue weighted by atomic mass is 16.7. The van der Waals surface area contributed by atoms with Crippen LogP contribution in [-0.2, 0) is 9.47 Å². The Morgan fingerprint density at radius 1 is 0.600 bits per heavy atom. The smallest absolute Gasteiger partial charge is 0.158 e. The van der Waals surface area contributed by atoms with Gasteiger partial charge in [0.25, 0.3) is 0 Å². The van der Waals surface area contributed by atoms with Crippen LogP contribution in [0.25, 0.3) is 0 Å². The normalized spacial score (nSPS) is 20.4. The van der Waals surface area contributed by atoms with E-state index in [9.17, 15) is 0 Å². The number of rotatable bonds is 18. The molecule has 0 amide bonds. The number of hydrogen-bond acceptors (Lipinski definition) is 2. The fourth-order valence-electron chi connectivity index (χ4n) is 3.77. The largest absolute Gasteiger partial charge is 0.350 e. The first kappa shape index (κ1) is 23.0. The van der Waals surface area contributed by atoms with Crippen LogP contribution in [0.3, 0.4) is 0 Å². The Kier molecular flexibility index (Phi) is 15.9. The number of hydrogen-bond donors (Lipinski definition) is 0. The first-order valence-corrected chi connectivity index (χ1v) is 11.6. The summed E-state index contributed by atoms with van der Waals surface area (Å²) in [6.07, 6.45) is 25.8. The Balaban J connectivity index is 1.65. The van der Waals surface area contributed by atoms with Crippen molar-refractivity contribution in [1.29, 1.82) is 0 Å². The SMILES string of the molecule is CCCCCCCCCCCCCCCCCCCC1OCC(C)O1. The van der Waals surface area contributed by atoms with E-state index in [0.717, 1.165) is 13.0 Å². The Hall–Kier alpha value is -0.0800. The van der Waals surface area contributed by atoms with Crippen molar-refractivity contribution in [3.05, 3.63) is 0 Å². The van der Waals surface area contributed by atoms with E-state index in [1.165, 1.54) is 109 Å². The molecule has 1 aliphatic rings. The second-order valence-electron chi connectivity index (χ2n) is 8.16. The Morgan fingerprint density at radius 2 is 1.00 bits per heavy atom. The molecule has 0 aromatic carbocycles. The number of ether oxygens (including phenoxy) is 2. The van der Waals surface area contributed by atoms with Gasteiger partial charge < -0.3 is 9.47 Å². The van der Waals surface area contributed by atoms with Gasteiger partial charge in [-0.1, -0.05) is 110 Å². The van der Waals surface area contributed by atoms with Crippen LogP contribution < -0.4 is 0 Å². The summed E-state index contributed by atoms with van der Waals surface area (Å²) < 4.78 is 11.2. The van der Waals surface area contributed by atoms with Crippen LogP contribution in [0.4, 0.5) is 0 Å². The average molecular weight is 355 g/mol. The third-order valence-electron chi connectivity index (χ3n) is 5.44. The highest BCUT2D eigenvalue weighted by molar-refractivity contribution is 4.60. The van der Waals surface area contributed by atoms with Gasteiger partial charge in [-0.2, -0.15) is 0 Å². The summed E-state index contributed by atoms with van der Waals surface area (Å²) in [6, 6.07) is 0. The molecule has 2 unspecified atom stereocenters. The van der Waals surface area contributed by atoms with E-state index in [2.05, 4.69) is 13.8 Å². The van der Waals surface area contributed by atoms with Gasteiger partial charge in [0, 0.05) is 0 Å². The fraction of sp³-hybridized carbons (Fsp3) is 1.00. The zero-order chi connectivity index (χ0) is 18.0. The van der Waals surface area contributed by atoms with E-state index in [4.69, 9.17) is 9.47 Å². The third-order valence-corrected chi connectivity index (χ3v) is 5.44. The molecule has 2 atom stereocenters.